The fraction of sp³-hybridized carbons (Fsp3) is 0.125. The average molecular weight is 249 g/mol. The Kier molecular flexibility index (Phi) is 2.88. The molecular formula is C16H15N3. The Morgan fingerprint density at radius 3 is 2.58 bits per heavy atom. The van der Waals surface area contributed by atoms with E-state index < -0.39 is 0 Å². The normalized spacial score (nSPS) is 10.8. The van der Waals surface area contributed by atoms with Crippen LogP contribution in [0.1, 0.15) is 18.1 Å². The smallest absolute Gasteiger partial charge is 0.113 e. The third-order valence-electron chi connectivity index (χ3n) is 3.30. The molecule has 3 nitrogen and oxygen atoms in total. The topological polar surface area (TPSA) is 30.7 Å². The lowest BCUT2D eigenvalue weighted by molar-refractivity contribution is 0.842. The van der Waals surface area contributed by atoms with Crippen LogP contribution in [-0.2, 0) is 6.42 Å². The highest BCUT2D eigenvalue weighted by Crippen LogP contribution is 2.20. The van der Waals surface area contributed by atoms with Crippen molar-refractivity contribution in [1.82, 2.24) is 15.0 Å². The molecule has 1 aromatic heterocycles. The summed E-state index contributed by atoms with van der Waals surface area (Å²) in [5, 5.41) is 8.33. The van der Waals surface area contributed by atoms with Gasteiger partial charge in [0.1, 0.15) is 5.52 Å². The SMILES string of the molecule is C=C(c1ccc(CC)cc1)n1nnc2ccccc21. The molecule has 94 valence electrons. The van der Waals surface area contributed by atoms with Crippen LogP contribution in [0.4, 0.5) is 0 Å². The number of hydrogen-bond donors (Lipinski definition) is 0. The van der Waals surface area contributed by atoms with Crippen LogP contribution in [0.2, 0.25) is 0 Å². The molecule has 0 amide bonds. The Labute approximate surface area is 112 Å². The lowest BCUT2D eigenvalue weighted by Gasteiger charge is -2.07. The molecule has 3 heteroatoms. The maximum absolute atomic E-state index is 4.18. The van der Waals surface area contributed by atoms with Crippen LogP contribution >= 0.6 is 0 Å². The standard InChI is InChI=1S/C16H15N3/c1-3-13-8-10-14(11-9-13)12(2)19-16-7-5-4-6-15(16)17-18-19/h4-11H,2-3H2,1H3. The van der Waals surface area contributed by atoms with Crippen molar-refractivity contribution in [2.24, 2.45) is 0 Å². The molecule has 1 heterocycles. The van der Waals surface area contributed by atoms with Gasteiger partial charge in [-0.3, -0.25) is 0 Å². The Hall–Kier alpha value is -2.42. The fourth-order valence-electron chi connectivity index (χ4n) is 2.12. The van der Waals surface area contributed by atoms with Gasteiger partial charge in [-0.15, -0.1) is 5.10 Å². The summed E-state index contributed by atoms with van der Waals surface area (Å²) in [6.45, 7) is 6.28. The molecule has 0 N–H and O–H groups in total. The van der Waals surface area contributed by atoms with Crippen molar-refractivity contribution in [2.75, 3.05) is 0 Å². The van der Waals surface area contributed by atoms with E-state index in [-0.39, 0.29) is 0 Å². The molecule has 0 spiro atoms. The number of benzene rings is 2. The molecule has 0 aliphatic carbocycles. The van der Waals surface area contributed by atoms with Crippen LogP contribution in [0.25, 0.3) is 16.7 Å². The third kappa shape index (κ3) is 2.03. The first kappa shape index (κ1) is 11.7. The van der Waals surface area contributed by atoms with E-state index in [0.29, 0.717) is 0 Å². The largest absolute Gasteiger partial charge is 0.213 e. The summed E-state index contributed by atoms with van der Waals surface area (Å²) in [4.78, 5) is 0. The molecule has 3 aromatic rings. The number of hydrogen-bond acceptors (Lipinski definition) is 2. The van der Waals surface area contributed by atoms with Crippen molar-refractivity contribution in [1.29, 1.82) is 0 Å². The fourth-order valence-corrected chi connectivity index (χ4v) is 2.12. The Morgan fingerprint density at radius 2 is 1.84 bits per heavy atom. The molecule has 0 saturated heterocycles. The van der Waals surface area contributed by atoms with E-state index in [2.05, 4.69) is 48.1 Å². The minimum absolute atomic E-state index is 0.844. The molecular weight excluding hydrogens is 234 g/mol. The number of aryl methyl sites for hydroxylation is 1. The average Bonchev–Trinajstić information content (AvgIpc) is 2.90. The van der Waals surface area contributed by atoms with E-state index >= 15 is 0 Å². The second kappa shape index (κ2) is 4.69. The Bertz CT molecular complexity index is 723. The van der Waals surface area contributed by atoms with E-state index in [1.54, 1.807) is 4.68 Å². The molecule has 0 aliphatic rings. The Balaban J connectivity index is 2.03. The van der Waals surface area contributed by atoms with Crippen molar-refractivity contribution in [2.45, 2.75) is 13.3 Å². The van der Waals surface area contributed by atoms with Gasteiger partial charge in [-0.05, 0) is 29.7 Å². The molecule has 0 aliphatic heterocycles. The molecule has 0 atom stereocenters. The number of rotatable bonds is 3. The first-order valence-electron chi connectivity index (χ1n) is 6.38. The summed E-state index contributed by atoms with van der Waals surface area (Å²) < 4.78 is 1.79. The summed E-state index contributed by atoms with van der Waals surface area (Å²) in [7, 11) is 0. The summed E-state index contributed by atoms with van der Waals surface area (Å²) in [6.07, 6.45) is 1.04. The first-order valence-corrected chi connectivity index (χ1v) is 6.38. The highest BCUT2D eigenvalue weighted by Gasteiger charge is 2.08. The molecule has 0 fully saturated rings. The van der Waals surface area contributed by atoms with Gasteiger partial charge < -0.3 is 0 Å². The number of aromatic nitrogens is 3. The highest BCUT2D eigenvalue weighted by atomic mass is 15.4. The molecule has 3 rings (SSSR count). The van der Waals surface area contributed by atoms with Crippen molar-refractivity contribution < 1.29 is 0 Å². The van der Waals surface area contributed by atoms with Crippen molar-refractivity contribution in [3.05, 3.63) is 66.2 Å². The van der Waals surface area contributed by atoms with Gasteiger partial charge in [0.25, 0.3) is 0 Å². The molecule has 0 saturated carbocycles. The van der Waals surface area contributed by atoms with Crippen LogP contribution in [-0.4, -0.2) is 15.0 Å². The lowest BCUT2D eigenvalue weighted by atomic mass is 10.1. The quantitative estimate of drug-likeness (QED) is 0.711. The van der Waals surface area contributed by atoms with Crippen LogP contribution in [0.5, 0.6) is 0 Å². The van der Waals surface area contributed by atoms with Crippen molar-refractivity contribution in [3.8, 4) is 0 Å². The zero-order chi connectivity index (χ0) is 13.2. The molecule has 0 radical (unpaired) electrons. The van der Waals surface area contributed by atoms with Gasteiger partial charge in [0.2, 0.25) is 0 Å². The summed E-state index contributed by atoms with van der Waals surface area (Å²) in [6, 6.07) is 16.3. The first-order chi connectivity index (χ1) is 9.29. The maximum atomic E-state index is 4.18. The van der Waals surface area contributed by atoms with Crippen molar-refractivity contribution in [3.63, 3.8) is 0 Å². The lowest BCUT2D eigenvalue weighted by Crippen LogP contribution is -2.00. The molecule has 19 heavy (non-hydrogen) atoms. The zero-order valence-electron chi connectivity index (χ0n) is 10.9. The minimum atomic E-state index is 0.844. The van der Waals surface area contributed by atoms with Gasteiger partial charge >= 0.3 is 0 Å². The van der Waals surface area contributed by atoms with E-state index in [9.17, 15) is 0 Å². The molecule has 0 unspecified atom stereocenters. The van der Waals surface area contributed by atoms with Crippen LogP contribution < -0.4 is 0 Å². The van der Waals surface area contributed by atoms with Gasteiger partial charge in [0.05, 0.1) is 11.2 Å². The van der Waals surface area contributed by atoms with E-state index in [1.165, 1.54) is 5.56 Å². The maximum Gasteiger partial charge on any atom is 0.113 e. The van der Waals surface area contributed by atoms with E-state index in [0.717, 1.165) is 28.7 Å². The monoisotopic (exact) mass is 249 g/mol. The van der Waals surface area contributed by atoms with Crippen LogP contribution in [0.15, 0.2) is 55.1 Å². The number of fused-ring (bicyclic) bond motifs is 1. The van der Waals surface area contributed by atoms with Gasteiger partial charge in [0.15, 0.2) is 0 Å². The second-order valence-electron chi connectivity index (χ2n) is 4.49. The predicted molar refractivity (Wildman–Crippen MR) is 77.8 cm³/mol. The van der Waals surface area contributed by atoms with E-state index in [4.69, 9.17) is 0 Å². The van der Waals surface area contributed by atoms with Gasteiger partial charge in [0, 0.05) is 0 Å². The highest BCUT2D eigenvalue weighted by molar-refractivity contribution is 5.80. The van der Waals surface area contributed by atoms with Crippen LogP contribution in [0, 0.1) is 0 Å². The molecule has 0 bridgehead atoms. The van der Waals surface area contributed by atoms with Crippen molar-refractivity contribution >= 4 is 16.7 Å². The van der Waals surface area contributed by atoms with Gasteiger partial charge in [-0.1, -0.05) is 55.1 Å². The minimum Gasteiger partial charge on any atom is -0.213 e. The number of nitrogens with zero attached hydrogens (tertiary/aromatic N) is 3. The third-order valence-corrected chi connectivity index (χ3v) is 3.30. The summed E-state index contributed by atoms with van der Waals surface area (Å²) >= 11 is 0. The summed E-state index contributed by atoms with van der Waals surface area (Å²) in [5.41, 5.74) is 5.09. The molecule has 2 aromatic carbocycles. The second-order valence-corrected chi connectivity index (χ2v) is 4.49. The predicted octanol–water partition coefficient (Wildman–Crippen LogP) is 3.51. The number of para-hydroxylation sites is 1. The van der Waals surface area contributed by atoms with Gasteiger partial charge in [-0.2, -0.15) is 0 Å². The van der Waals surface area contributed by atoms with Gasteiger partial charge in [-0.25, -0.2) is 4.68 Å². The summed E-state index contributed by atoms with van der Waals surface area (Å²) in [5.74, 6) is 0. The van der Waals surface area contributed by atoms with E-state index in [1.807, 2.05) is 24.3 Å². The zero-order valence-corrected chi connectivity index (χ0v) is 10.9. The Morgan fingerprint density at radius 1 is 1.11 bits per heavy atom. The van der Waals surface area contributed by atoms with Crippen LogP contribution in [0.3, 0.4) is 0 Å².